The van der Waals surface area contributed by atoms with E-state index < -0.39 is 5.79 Å². The topological polar surface area (TPSA) is 18.5 Å². The Morgan fingerprint density at radius 3 is 2.45 bits per heavy atom. The summed E-state index contributed by atoms with van der Waals surface area (Å²) in [5.74, 6) is 4.98. The number of hydrogen-bond donors (Lipinski definition) is 0. The van der Waals surface area contributed by atoms with E-state index in [9.17, 15) is 0 Å². The fourth-order valence-electron chi connectivity index (χ4n) is 9.20. The van der Waals surface area contributed by atoms with Crippen LogP contribution in [0.4, 0.5) is 0 Å². The van der Waals surface area contributed by atoms with E-state index in [1.807, 2.05) is 13.8 Å². The van der Waals surface area contributed by atoms with Crippen molar-refractivity contribution in [3.63, 3.8) is 0 Å². The number of methoxy groups -OCH3 is 1. The molecule has 4 aliphatic rings. The summed E-state index contributed by atoms with van der Waals surface area (Å²) >= 11 is 0. The van der Waals surface area contributed by atoms with E-state index in [2.05, 4.69) is 40.7 Å². The average Bonchev–Trinajstić information content (AvgIpc) is 3.11. The predicted molar refractivity (Wildman–Crippen MR) is 139 cm³/mol. The van der Waals surface area contributed by atoms with Gasteiger partial charge in [-0.2, -0.15) is 0 Å². The molecule has 8 atom stereocenters. The van der Waals surface area contributed by atoms with E-state index in [0.717, 1.165) is 41.9 Å². The first kappa shape index (κ1) is 25.7. The van der Waals surface area contributed by atoms with Crippen LogP contribution < -0.4 is 0 Å². The van der Waals surface area contributed by atoms with E-state index in [1.165, 1.54) is 64.2 Å². The van der Waals surface area contributed by atoms with Gasteiger partial charge in [0.15, 0.2) is 5.79 Å². The van der Waals surface area contributed by atoms with Gasteiger partial charge < -0.3 is 9.47 Å². The van der Waals surface area contributed by atoms with Crippen molar-refractivity contribution in [3.05, 3.63) is 11.6 Å². The minimum absolute atomic E-state index is 0.312. The zero-order valence-electron chi connectivity index (χ0n) is 23.2. The molecule has 190 valence electrons. The van der Waals surface area contributed by atoms with Crippen molar-refractivity contribution in [2.75, 3.05) is 7.11 Å². The molecule has 2 heteroatoms. The third-order valence-corrected chi connectivity index (χ3v) is 11.2. The number of fused-ring (bicyclic) bond motifs is 5. The molecule has 0 spiro atoms. The van der Waals surface area contributed by atoms with Gasteiger partial charge in [-0.15, -0.1) is 0 Å². The van der Waals surface area contributed by atoms with Gasteiger partial charge in [0.1, 0.15) is 0 Å². The summed E-state index contributed by atoms with van der Waals surface area (Å²) in [7, 11) is 1.76. The summed E-state index contributed by atoms with van der Waals surface area (Å²) in [4.78, 5) is 0. The third-order valence-electron chi connectivity index (χ3n) is 11.2. The molecule has 4 aliphatic carbocycles. The van der Waals surface area contributed by atoms with Crippen LogP contribution in [0.3, 0.4) is 0 Å². The van der Waals surface area contributed by atoms with Crippen LogP contribution in [-0.2, 0) is 9.47 Å². The van der Waals surface area contributed by atoms with Crippen molar-refractivity contribution >= 4 is 0 Å². The van der Waals surface area contributed by atoms with Crippen molar-refractivity contribution in [2.45, 2.75) is 131 Å². The first-order chi connectivity index (χ1) is 15.5. The molecule has 0 saturated heterocycles. The second kappa shape index (κ2) is 9.61. The number of allylic oxidation sites excluding steroid dienone is 1. The highest BCUT2D eigenvalue weighted by Crippen LogP contribution is 2.67. The number of hydrogen-bond acceptors (Lipinski definition) is 2. The maximum absolute atomic E-state index is 6.37. The Morgan fingerprint density at radius 2 is 1.76 bits per heavy atom. The molecule has 2 nitrogen and oxygen atoms in total. The highest BCUT2D eigenvalue weighted by Gasteiger charge is 2.59. The van der Waals surface area contributed by atoms with Gasteiger partial charge in [0.2, 0.25) is 0 Å². The lowest BCUT2D eigenvalue weighted by atomic mass is 9.47. The first-order valence-corrected chi connectivity index (χ1v) is 14.4. The Labute approximate surface area is 205 Å². The Bertz CT molecular complexity index is 708. The highest BCUT2D eigenvalue weighted by atomic mass is 16.7. The van der Waals surface area contributed by atoms with Crippen LogP contribution >= 0.6 is 0 Å². The number of ether oxygens (including phenoxy) is 2. The zero-order valence-corrected chi connectivity index (χ0v) is 23.2. The fraction of sp³-hybridized carbons (Fsp3) is 0.935. The first-order valence-electron chi connectivity index (χ1n) is 14.4. The smallest absolute Gasteiger partial charge is 0.162 e. The van der Waals surface area contributed by atoms with E-state index >= 15 is 0 Å². The van der Waals surface area contributed by atoms with E-state index in [1.54, 1.807) is 12.7 Å². The Morgan fingerprint density at radius 1 is 1.00 bits per heavy atom. The molecule has 0 aliphatic heterocycles. The maximum Gasteiger partial charge on any atom is 0.162 e. The van der Waals surface area contributed by atoms with Gasteiger partial charge in [0, 0.05) is 7.11 Å². The van der Waals surface area contributed by atoms with Crippen LogP contribution in [0.2, 0.25) is 0 Å². The van der Waals surface area contributed by atoms with Crippen molar-refractivity contribution < 1.29 is 9.47 Å². The lowest BCUT2D eigenvalue weighted by Crippen LogP contribution is -2.51. The molecule has 3 saturated carbocycles. The molecule has 0 amide bonds. The number of rotatable bonds is 8. The van der Waals surface area contributed by atoms with Crippen molar-refractivity contribution in [1.29, 1.82) is 0 Å². The second-order valence-electron chi connectivity index (χ2n) is 13.9. The van der Waals surface area contributed by atoms with Crippen LogP contribution in [0, 0.1) is 46.3 Å². The molecule has 33 heavy (non-hydrogen) atoms. The SMILES string of the molecule is COC(C)(C)OC1CC[C@@]2(C)C(=CC[C@H]3[C@@H]4CC[C@H]([C@H](C)CCCC(C)C)[C@@]4(C)CC[C@@H]32)C1. The summed E-state index contributed by atoms with van der Waals surface area (Å²) < 4.78 is 11.9. The Balaban J connectivity index is 1.45. The van der Waals surface area contributed by atoms with Gasteiger partial charge in [0.05, 0.1) is 6.10 Å². The molecular weight excluding hydrogens is 404 g/mol. The minimum Gasteiger partial charge on any atom is -0.354 e. The van der Waals surface area contributed by atoms with Gasteiger partial charge in [0.25, 0.3) is 0 Å². The largest absolute Gasteiger partial charge is 0.354 e. The second-order valence-corrected chi connectivity index (χ2v) is 13.9. The summed E-state index contributed by atoms with van der Waals surface area (Å²) in [6, 6.07) is 0. The van der Waals surface area contributed by atoms with Crippen molar-refractivity contribution in [3.8, 4) is 0 Å². The summed E-state index contributed by atoms with van der Waals surface area (Å²) in [5, 5.41) is 0. The Hall–Kier alpha value is -0.340. The molecule has 0 aromatic carbocycles. The molecule has 0 aromatic rings. The van der Waals surface area contributed by atoms with E-state index in [4.69, 9.17) is 9.47 Å². The molecule has 3 fully saturated rings. The predicted octanol–water partition coefficient (Wildman–Crippen LogP) is 8.80. The summed E-state index contributed by atoms with van der Waals surface area (Å²) in [5.41, 5.74) is 2.71. The lowest BCUT2D eigenvalue weighted by Gasteiger charge is -2.58. The van der Waals surface area contributed by atoms with E-state index in [-0.39, 0.29) is 0 Å². The maximum atomic E-state index is 6.37. The fourth-order valence-corrected chi connectivity index (χ4v) is 9.20. The molecule has 0 N–H and O–H groups in total. The van der Waals surface area contributed by atoms with Crippen molar-refractivity contribution in [2.24, 2.45) is 46.3 Å². The summed E-state index contributed by atoms with van der Waals surface area (Å²) in [6.45, 7) is 16.8. The third kappa shape index (κ3) is 4.87. The van der Waals surface area contributed by atoms with Gasteiger partial charge in [-0.1, -0.05) is 65.5 Å². The van der Waals surface area contributed by atoms with Gasteiger partial charge in [-0.3, -0.25) is 0 Å². The van der Waals surface area contributed by atoms with Gasteiger partial charge in [-0.05, 0) is 112 Å². The molecule has 1 unspecified atom stereocenters. The normalized spacial score (nSPS) is 41.8. The van der Waals surface area contributed by atoms with Crippen LogP contribution in [-0.4, -0.2) is 19.0 Å². The van der Waals surface area contributed by atoms with Crippen molar-refractivity contribution in [1.82, 2.24) is 0 Å². The highest BCUT2D eigenvalue weighted by molar-refractivity contribution is 5.25. The quantitative estimate of drug-likeness (QED) is 0.267. The molecular formula is C31H54O2. The zero-order chi connectivity index (χ0) is 24.0. The molecule has 0 radical (unpaired) electrons. The van der Waals surface area contributed by atoms with Crippen LogP contribution in [0.25, 0.3) is 0 Å². The average molecular weight is 459 g/mol. The molecule has 0 heterocycles. The Kier molecular flexibility index (Phi) is 7.49. The van der Waals surface area contributed by atoms with Crippen LogP contribution in [0.5, 0.6) is 0 Å². The summed E-state index contributed by atoms with van der Waals surface area (Å²) in [6.07, 6.45) is 18.1. The molecule has 0 bridgehead atoms. The van der Waals surface area contributed by atoms with Gasteiger partial charge >= 0.3 is 0 Å². The molecule has 0 aromatic heterocycles. The molecule has 4 rings (SSSR count). The standard InChI is InChI=1S/C31H54O2/c1-21(2)10-9-11-22(3)26-14-15-27-25-13-12-23-20-24(33-29(4,5)32-8)16-18-30(23,6)28(25)17-19-31(26,27)7/h12,21-22,24-28H,9-11,13-20H2,1-8H3/t22-,24?,25+,26-,27+,28+,30+,31-/m1/s1. The lowest BCUT2D eigenvalue weighted by molar-refractivity contribution is -0.229. The van der Waals surface area contributed by atoms with Gasteiger partial charge in [-0.25, -0.2) is 0 Å². The van der Waals surface area contributed by atoms with E-state index in [0.29, 0.717) is 16.9 Å². The van der Waals surface area contributed by atoms with Crippen LogP contribution in [0.1, 0.15) is 119 Å². The minimum atomic E-state index is -0.479. The van der Waals surface area contributed by atoms with Crippen LogP contribution in [0.15, 0.2) is 11.6 Å². The monoisotopic (exact) mass is 458 g/mol.